The zero-order valence-electron chi connectivity index (χ0n) is 10.6. The van der Waals surface area contributed by atoms with E-state index in [2.05, 4.69) is 9.88 Å². The van der Waals surface area contributed by atoms with Crippen molar-refractivity contribution in [2.75, 3.05) is 24.6 Å². The van der Waals surface area contributed by atoms with E-state index in [4.69, 9.17) is 4.74 Å². The Balaban J connectivity index is 1.78. The molecule has 0 aliphatic carbocycles. The predicted molar refractivity (Wildman–Crippen MR) is 73.2 cm³/mol. The maximum Gasteiger partial charge on any atom is 0.128 e. The first-order valence-corrected chi connectivity index (χ1v) is 6.39. The quantitative estimate of drug-likeness (QED) is 0.896. The highest BCUT2D eigenvalue weighted by Crippen LogP contribution is 2.26. The van der Waals surface area contributed by atoms with Gasteiger partial charge in [-0.15, -0.1) is 0 Å². The number of benzene rings is 1. The molecule has 2 heterocycles. The van der Waals surface area contributed by atoms with Crippen LogP contribution in [-0.2, 0) is 4.74 Å². The lowest BCUT2D eigenvalue weighted by Gasteiger charge is -2.34. The van der Waals surface area contributed by atoms with Crippen LogP contribution in [0, 0.1) is 0 Å². The van der Waals surface area contributed by atoms with Crippen LogP contribution in [0.5, 0.6) is 5.75 Å². The van der Waals surface area contributed by atoms with Crippen LogP contribution in [0.2, 0.25) is 0 Å². The second-order valence-corrected chi connectivity index (χ2v) is 4.59. The summed E-state index contributed by atoms with van der Waals surface area (Å²) in [5, 5.41) is 9.55. The van der Waals surface area contributed by atoms with Crippen LogP contribution in [0.1, 0.15) is 11.7 Å². The maximum atomic E-state index is 9.55. The molecule has 0 saturated carbocycles. The van der Waals surface area contributed by atoms with Crippen molar-refractivity contribution in [2.24, 2.45) is 0 Å². The van der Waals surface area contributed by atoms with Crippen molar-refractivity contribution in [1.29, 1.82) is 0 Å². The molecule has 1 atom stereocenters. The summed E-state index contributed by atoms with van der Waals surface area (Å²) < 4.78 is 5.79. The van der Waals surface area contributed by atoms with Crippen molar-refractivity contribution in [1.82, 2.24) is 4.98 Å². The smallest absolute Gasteiger partial charge is 0.128 e. The fourth-order valence-electron chi connectivity index (χ4n) is 2.32. The van der Waals surface area contributed by atoms with Crippen molar-refractivity contribution in [2.45, 2.75) is 6.10 Å². The Morgan fingerprint density at radius 2 is 2.16 bits per heavy atom. The Labute approximate surface area is 112 Å². The first-order chi connectivity index (χ1) is 9.33. The second-order valence-electron chi connectivity index (χ2n) is 4.59. The molecular weight excluding hydrogens is 240 g/mol. The first kappa shape index (κ1) is 12.0. The number of aromatic nitrogens is 1. The molecule has 0 unspecified atom stereocenters. The normalized spacial score (nSPS) is 19.4. The number of phenolic OH excluding ortho intramolecular Hbond substituents is 1. The lowest BCUT2D eigenvalue weighted by atomic mass is 10.1. The molecule has 0 spiro atoms. The van der Waals surface area contributed by atoms with Crippen LogP contribution in [-0.4, -0.2) is 29.8 Å². The summed E-state index contributed by atoms with van der Waals surface area (Å²) in [6.45, 7) is 2.25. The monoisotopic (exact) mass is 256 g/mol. The van der Waals surface area contributed by atoms with Gasteiger partial charge in [0.1, 0.15) is 17.7 Å². The lowest BCUT2D eigenvalue weighted by Crippen LogP contribution is -2.38. The summed E-state index contributed by atoms with van der Waals surface area (Å²) in [4.78, 5) is 6.58. The Bertz CT molecular complexity index is 545. The Kier molecular flexibility index (Phi) is 3.33. The van der Waals surface area contributed by atoms with Crippen LogP contribution in [0.15, 0.2) is 48.7 Å². The van der Waals surface area contributed by atoms with E-state index < -0.39 is 0 Å². The third-order valence-electron chi connectivity index (χ3n) is 3.28. The van der Waals surface area contributed by atoms with E-state index in [1.165, 1.54) is 0 Å². The van der Waals surface area contributed by atoms with Crippen LogP contribution < -0.4 is 4.90 Å². The summed E-state index contributed by atoms with van der Waals surface area (Å²) in [5.74, 6) is 1.24. The Morgan fingerprint density at radius 1 is 1.21 bits per heavy atom. The van der Waals surface area contributed by atoms with Crippen LogP contribution >= 0.6 is 0 Å². The van der Waals surface area contributed by atoms with E-state index in [0.717, 1.165) is 24.5 Å². The summed E-state index contributed by atoms with van der Waals surface area (Å²) in [7, 11) is 0. The van der Waals surface area contributed by atoms with E-state index in [1.54, 1.807) is 18.3 Å². The van der Waals surface area contributed by atoms with Gasteiger partial charge < -0.3 is 14.7 Å². The van der Waals surface area contributed by atoms with Crippen molar-refractivity contribution in [3.63, 3.8) is 0 Å². The zero-order valence-corrected chi connectivity index (χ0v) is 10.6. The number of ether oxygens (including phenoxy) is 1. The maximum absolute atomic E-state index is 9.55. The molecule has 1 N–H and O–H groups in total. The molecule has 98 valence electrons. The molecule has 1 aromatic heterocycles. The third-order valence-corrected chi connectivity index (χ3v) is 3.28. The van der Waals surface area contributed by atoms with Gasteiger partial charge in [0.2, 0.25) is 0 Å². The average Bonchev–Trinajstić information content (AvgIpc) is 2.48. The fraction of sp³-hybridized carbons (Fsp3) is 0.267. The van der Waals surface area contributed by atoms with Gasteiger partial charge in [-0.1, -0.05) is 18.2 Å². The Morgan fingerprint density at radius 3 is 2.95 bits per heavy atom. The molecule has 1 fully saturated rings. The minimum atomic E-state index is -0.0251. The number of pyridine rings is 1. The van der Waals surface area contributed by atoms with Gasteiger partial charge in [-0.25, -0.2) is 4.98 Å². The van der Waals surface area contributed by atoms with Gasteiger partial charge in [0.05, 0.1) is 6.61 Å². The molecule has 0 amide bonds. The van der Waals surface area contributed by atoms with Crippen LogP contribution in [0.25, 0.3) is 0 Å². The van der Waals surface area contributed by atoms with Crippen LogP contribution in [0.3, 0.4) is 0 Å². The SMILES string of the molecule is Oc1cccc([C@H]2CN(c3ccccn3)CCO2)c1. The van der Waals surface area contributed by atoms with Crippen molar-refractivity contribution in [3.8, 4) is 5.75 Å². The van der Waals surface area contributed by atoms with Gasteiger partial charge in [0.25, 0.3) is 0 Å². The minimum absolute atomic E-state index is 0.0251. The molecule has 1 aliphatic rings. The number of hydrogen-bond donors (Lipinski definition) is 1. The summed E-state index contributed by atoms with van der Waals surface area (Å²) in [6, 6.07) is 13.2. The molecule has 1 aliphatic heterocycles. The molecular formula is C15H16N2O2. The number of hydrogen-bond acceptors (Lipinski definition) is 4. The van der Waals surface area contributed by atoms with E-state index in [-0.39, 0.29) is 11.9 Å². The van der Waals surface area contributed by atoms with E-state index in [1.807, 2.05) is 30.3 Å². The van der Waals surface area contributed by atoms with E-state index in [0.29, 0.717) is 6.61 Å². The highest BCUT2D eigenvalue weighted by atomic mass is 16.5. The van der Waals surface area contributed by atoms with Gasteiger partial charge in [-0.05, 0) is 29.8 Å². The first-order valence-electron chi connectivity index (χ1n) is 6.39. The number of rotatable bonds is 2. The molecule has 0 bridgehead atoms. The minimum Gasteiger partial charge on any atom is -0.508 e. The number of anilines is 1. The molecule has 2 aromatic rings. The van der Waals surface area contributed by atoms with Crippen molar-refractivity contribution in [3.05, 3.63) is 54.2 Å². The summed E-state index contributed by atoms with van der Waals surface area (Å²) >= 11 is 0. The number of aromatic hydroxyl groups is 1. The lowest BCUT2D eigenvalue weighted by molar-refractivity contribution is 0.0394. The molecule has 0 radical (unpaired) electrons. The van der Waals surface area contributed by atoms with Crippen LogP contribution in [0.4, 0.5) is 5.82 Å². The average molecular weight is 256 g/mol. The zero-order chi connectivity index (χ0) is 13.1. The highest BCUT2D eigenvalue weighted by molar-refractivity contribution is 5.39. The highest BCUT2D eigenvalue weighted by Gasteiger charge is 2.22. The second kappa shape index (κ2) is 5.28. The van der Waals surface area contributed by atoms with Gasteiger partial charge in [-0.2, -0.15) is 0 Å². The number of phenols is 1. The summed E-state index contributed by atoms with van der Waals surface area (Å²) in [6.07, 6.45) is 1.77. The molecule has 4 nitrogen and oxygen atoms in total. The van der Waals surface area contributed by atoms with Gasteiger partial charge in [0, 0.05) is 19.3 Å². The number of morpholine rings is 1. The van der Waals surface area contributed by atoms with E-state index >= 15 is 0 Å². The molecule has 1 aromatic carbocycles. The standard InChI is InChI=1S/C15H16N2O2/c18-13-5-3-4-12(10-13)14-11-17(8-9-19-14)15-6-1-2-7-16-15/h1-7,10,14,18H,8-9,11H2/t14-/m1/s1. The third kappa shape index (κ3) is 2.69. The molecule has 4 heteroatoms. The number of nitrogens with zero attached hydrogens (tertiary/aromatic N) is 2. The van der Waals surface area contributed by atoms with Gasteiger partial charge in [-0.3, -0.25) is 0 Å². The van der Waals surface area contributed by atoms with Gasteiger partial charge >= 0.3 is 0 Å². The van der Waals surface area contributed by atoms with Crippen molar-refractivity contribution >= 4 is 5.82 Å². The Hall–Kier alpha value is -2.07. The predicted octanol–water partition coefficient (Wildman–Crippen LogP) is 2.37. The fourth-order valence-corrected chi connectivity index (χ4v) is 2.32. The topological polar surface area (TPSA) is 45.6 Å². The molecule has 19 heavy (non-hydrogen) atoms. The van der Waals surface area contributed by atoms with Crippen molar-refractivity contribution < 1.29 is 9.84 Å². The largest absolute Gasteiger partial charge is 0.508 e. The molecule has 1 saturated heterocycles. The molecule has 3 rings (SSSR count). The van der Waals surface area contributed by atoms with Gasteiger partial charge in [0.15, 0.2) is 0 Å². The summed E-state index contributed by atoms with van der Waals surface area (Å²) in [5.41, 5.74) is 1.00. The van der Waals surface area contributed by atoms with E-state index in [9.17, 15) is 5.11 Å².